The molecule has 1 atom stereocenters. The number of rotatable bonds is 5. The van der Waals surface area contributed by atoms with Gasteiger partial charge in [0.1, 0.15) is 5.76 Å². The van der Waals surface area contributed by atoms with Gasteiger partial charge >= 0.3 is 0 Å². The molecule has 2 aromatic carbocycles. The SMILES string of the molecule is CCC1(CC)CCC2CCC(CC)(CC)C(O)=C2C1=O.Cc1cc(-c2[c-]cccc2)nc2ccccc12.[Ir]. The van der Waals surface area contributed by atoms with Crippen LogP contribution in [-0.4, -0.2) is 15.9 Å². The maximum atomic E-state index is 13.1. The molecule has 0 spiro atoms. The third-order valence-electron chi connectivity index (χ3n) is 9.45. The Kier molecular flexibility index (Phi) is 10.1. The van der Waals surface area contributed by atoms with Crippen molar-refractivity contribution >= 4 is 16.7 Å². The number of pyridine rings is 1. The van der Waals surface area contributed by atoms with Crippen molar-refractivity contribution in [3.05, 3.63) is 77.6 Å². The molecule has 0 aliphatic heterocycles. The standard InChI is InChI=1S/C18H30O2.C16H12N.Ir/c1-5-17(6-2)11-9-13-10-12-18(7-3,8-4)16(20)14(13)15(17)19;1-12-11-16(13-7-3-2-4-8-13)17-15-10-6-5-9-14(12)15;/h13,19H,5-12H2,1-4H3;2-7,9-11H,1H3;/q;-1;. The van der Waals surface area contributed by atoms with E-state index in [0.717, 1.165) is 73.7 Å². The first-order valence-electron chi connectivity index (χ1n) is 14.2. The fourth-order valence-electron chi connectivity index (χ4n) is 6.53. The second kappa shape index (κ2) is 12.7. The monoisotopic (exact) mass is 689 g/mol. The van der Waals surface area contributed by atoms with Crippen LogP contribution < -0.4 is 0 Å². The second-order valence-electron chi connectivity index (χ2n) is 11.0. The van der Waals surface area contributed by atoms with Gasteiger partial charge in [0.15, 0.2) is 5.78 Å². The number of hydrogen-bond acceptors (Lipinski definition) is 3. The van der Waals surface area contributed by atoms with E-state index in [1.165, 1.54) is 10.9 Å². The zero-order valence-corrected chi connectivity index (χ0v) is 26.0. The van der Waals surface area contributed by atoms with Gasteiger partial charge in [-0.2, -0.15) is 0 Å². The molecule has 1 saturated carbocycles. The Morgan fingerprint density at radius 3 is 2.13 bits per heavy atom. The van der Waals surface area contributed by atoms with Gasteiger partial charge in [0.05, 0.1) is 5.52 Å². The number of Topliss-reactive ketones (excluding diaryl/α,β-unsaturated/α-hetero) is 1. The number of aromatic nitrogens is 1. The quantitative estimate of drug-likeness (QED) is 0.272. The fraction of sp³-hybridized carbons (Fsp3) is 0.471. The van der Waals surface area contributed by atoms with Gasteiger partial charge in [-0.15, -0.1) is 35.9 Å². The molecule has 1 N–H and O–H groups in total. The zero-order chi connectivity index (χ0) is 26.6. The van der Waals surface area contributed by atoms with Crippen molar-refractivity contribution in [1.82, 2.24) is 4.98 Å². The van der Waals surface area contributed by atoms with Gasteiger partial charge in [-0.25, -0.2) is 0 Å². The molecule has 2 aliphatic carbocycles. The molecule has 1 fully saturated rings. The van der Waals surface area contributed by atoms with Crippen LogP contribution in [0.15, 0.2) is 65.9 Å². The van der Waals surface area contributed by atoms with Gasteiger partial charge in [-0.1, -0.05) is 52.0 Å². The third-order valence-corrected chi connectivity index (χ3v) is 9.45. The van der Waals surface area contributed by atoms with Crippen molar-refractivity contribution in [2.45, 2.75) is 86.0 Å². The van der Waals surface area contributed by atoms with Crippen LogP contribution in [0.4, 0.5) is 0 Å². The van der Waals surface area contributed by atoms with Crippen molar-refractivity contribution < 1.29 is 30.0 Å². The van der Waals surface area contributed by atoms with Crippen LogP contribution in [0.25, 0.3) is 22.2 Å². The molecule has 4 heteroatoms. The Morgan fingerprint density at radius 1 is 0.921 bits per heavy atom. The molecule has 1 aromatic heterocycles. The number of carbonyl (C=O) groups is 1. The van der Waals surface area contributed by atoms with Crippen molar-refractivity contribution in [1.29, 1.82) is 0 Å². The number of benzene rings is 2. The van der Waals surface area contributed by atoms with E-state index in [1.807, 2.05) is 36.4 Å². The summed E-state index contributed by atoms with van der Waals surface area (Å²) in [5, 5.41) is 12.1. The van der Waals surface area contributed by atoms with E-state index in [2.05, 4.69) is 63.9 Å². The fourth-order valence-corrected chi connectivity index (χ4v) is 6.53. The van der Waals surface area contributed by atoms with Crippen molar-refractivity contribution in [2.24, 2.45) is 16.7 Å². The zero-order valence-electron chi connectivity index (χ0n) is 23.6. The first-order valence-corrected chi connectivity index (χ1v) is 14.2. The maximum absolute atomic E-state index is 13.1. The number of allylic oxidation sites excluding steroid dienone is 2. The van der Waals surface area contributed by atoms with Crippen LogP contribution in [-0.2, 0) is 24.9 Å². The number of nitrogens with zero attached hydrogens (tertiary/aromatic N) is 1. The number of carbonyl (C=O) groups excluding carboxylic acids is 1. The van der Waals surface area contributed by atoms with E-state index < -0.39 is 0 Å². The molecule has 2 aliphatic rings. The van der Waals surface area contributed by atoms with Crippen LogP contribution in [0.5, 0.6) is 0 Å². The minimum atomic E-state index is -0.204. The average molecular weight is 689 g/mol. The summed E-state index contributed by atoms with van der Waals surface area (Å²) < 4.78 is 0. The molecule has 5 rings (SSSR count). The predicted molar refractivity (Wildman–Crippen MR) is 153 cm³/mol. The Bertz CT molecular complexity index is 1270. The molecule has 205 valence electrons. The summed E-state index contributed by atoms with van der Waals surface area (Å²) in [5.41, 5.74) is 4.80. The molecule has 0 bridgehead atoms. The number of aliphatic hydroxyl groups excluding tert-OH is 1. The van der Waals surface area contributed by atoms with Crippen LogP contribution in [0.1, 0.15) is 84.6 Å². The summed E-state index contributed by atoms with van der Waals surface area (Å²) in [7, 11) is 0. The van der Waals surface area contributed by atoms with Crippen LogP contribution in [0, 0.1) is 29.7 Å². The molecule has 3 nitrogen and oxygen atoms in total. The number of ketones is 1. The largest absolute Gasteiger partial charge is 0.511 e. The van der Waals surface area contributed by atoms with E-state index >= 15 is 0 Å². The van der Waals surface area contributed by atoms with Gasteiger partial charge in [0.2, 0.25) is 0 Å². The van der Waals surface area contributed by atoms with Gasteiger partial charge in [0, 0.05) is 41.9 Å². The third kappa shape index (κ3) is 5.54. The maximum Gasteiger partial charge on any atom is 0.168 e. The number of aliphatic hydroxyl groups is 1. The van der Waals surface area contributed by atoms with Crippen molar-refractivity contribution in [3.63, 3.8) is 0 Å². The van der Waals surface area contributed by atoms with Crippen LogP contribution >= 0.6 is 0 Å². The average Bonchev–Trinajstić information content (AvgIpc) is 2.95. The first-order chi connectivity index (χ1) is 17.8. The van der Waals surface area contributed by atoms with Crippen LogP contribution in [0.3, 0.4) is 0 Å². The minimum absolute atomic E-state index is 0. The smallest absolute Gasteiger partial charge is 0.168 e. The number of para-hydroxylation sites is 1. The van der Waals surface area contributed by atoms with E-state index in [4.69, 9.17) is 0 Å². The van der Waals surface area contributed by atoms with Crippen molar-refractivity contribution in [2.75, 3.05) is 0 Å². The number of fused-ring (bicyclic) bond motifs is 2. The molecule has 0 saturated heterocycles. The van der Waals surface area contributed by atoms with E-state index in [9.17, 15) is 9.90 Å². The van der Waals surface area contributed by atoms with Gasteiger partial charge in [0.25, 0.3) is 0 Å². The summed E-state index contributed by atoms with van der Waals surface area (Å²) in [4.78, 5) is 17.7. The van der Waals surface area contributed by atoms with E-state index in [0.29, 0.717) is 11.7 Å². The van der Waals surface area contributed by atoms with E-state index in [1.54, 1.807) is 0 Å². The molecule has 1 radical (unpaired) electrons. The molecular formula is C34H42IrNO2-. The van der Waals surface area contributed by atoms with Gasteiger partial charge in [-0.05, 0) is 81.5 Å². The van der Waals surface area contributed by atoms with Gasteiger partial charge < -0.3 is 5.11 Å². The summed E-state index contributed by atoms with van der Waals surface area (Å²) >= 11 is 0. The molecule has 38 heavy (non-hydrogen) atoms. The predicted octanol–water partition coefficient (Wildman–Crippen LogP) is 9.19. The Morgan fingerprint density at radius 2 is 1.53 bits per heavy atom. The summed E-state index contributed by atoms with van der Waals surface area (Å²) in [5.74, 6) is 1.04. The number of hydrogen-bond donors (Lipinski definition) is 1. The Hall–Kier alpha value is -2.29. The van der Waals surface area contributed by atoms with E-state index in [-0.39, 0.29) is 36.7 Å². The Balaban J connectivity index is 0.000000207. The molecular weight excluding hydrogens is 647 g/mol. The molecule has 3 aromatic rings. The van der Waals surface area contributed by atoms with Gasteiger partial charge in [-0.3, -0.25) is 9.78 Å². The second-order valence-corrected chi connectivity index (χ2v) is 11.0. The molecule has 0 amide bonds. The van der Waals surface area contributed by atoms with Crippen LogP contribution in [0.2, 0.25) is 0 Å². The summed E-state index contributed by atoms with van der Waals surface area (Å²) in [6.07, 6.45) is 7.87. The molecule has 1 heterocycles. The number of aryl methyl sites for hydroxylation is 1. The normalized spacial score (nSPS) is 19.7. The van der Waals surface area contributed by atoms with Crippen molar-refractivity contribution in [3.8, 4) is 11.3 Å². The summed E-state index contributed by atoms with van der Waals surface area (Å²) in [6, 6.07) is 21.5. The summed E-state index contributed by atoms with van der Waals surface area (Å²) in [6.45, 7) is 10.6. The topological polar surface area (TPSA) is 50.2 Å². The first kappa shape index (κ1) is 30.3. The molecule has 1 unspecified atom stereocenters. The minimum Gasteiger partial charge on any atom is -0.511 e. The Labute approximate surface area is 242 Å².